The minimum absolute atomic E-state index is 0.0885. The number of aliphatic carboxylic acids is 1. The molecule has 19 heteroatoms. The number of carbonyl (C=O) groups excluding carboxylic acids is 1. The summed E-state index contributed by atoms with van der Waals surface area (Å²) in [4.78, 5) is 67.5. The van der Waals surface area contributed by atoms with E-state index in [0.29, 0.717) is 41.1 Å². The summed E-state index contributed by atoms with van der Waals surface area (Å²) in [6, 6.07) is 9.16. The quantitative estimate of drug-likeness (QED) is 0.133. The van der Waals surface area contributed by atoms with Crippen molar-refractivity contribution in [2.45, 2.75) is 43.8 Å². The van der Waals surface area contributed by atoms with Crippen molar-refractivity contribution >= 4 is 38.5 Å². The summed E-state index contributed by atoms with van der Waals surface area (Å²) in [5.41, 5.74) is -1.23. The molecule has 0 saturated heterocycles. The lowest BCUT2D eigenvalue weighted by Gasteiger charge is -2.16. The summed E-state index contributed by atoms with van der Waals surface area (Å²) in [6.07, 6.45) is 6.72. The number of pyridine rings is 2. The zero-order valence-corrected chi connectivity index (χ0v) is 30.7. The van der Waals surface area contributed by atoms with E-state index in [1.807, 2.05) is 18.6 Å². The number of nitrogens with one attached hydrogen (secondary N) is 3. The Kier molecular flexibility index (Phi) is 11.1. The average molecular weight is 786 g/mol. The third kappa shape index (κ3) is 8.32. The van der Waals surface area contributed by atoms with Gasteiger partial charge in [-0.05, 0) is 42.0 Å². The first-order valence-electron chi connectivity index (χ1n) is 16.8. The van der Waals surface area contributed by atoms with Crippen LogP contribution in [0.3, 0.4) is 0 Å². The van der Waals surface area contributed by atoms with Gasteiger partial charge in [0.2, 0.25) is 0 Å². The van der Waals surface area contributed by atoms with E-state index in [-0.39, 0.29) is 27.7 Å². The molecule has 4 heterocycles. The van der Waals surface area contributed by atoms with Gasteiger partial charge in [0.15, 0.2) is 0 Å². The van der Waals surface area contributed by atoms with Crippen LogP contribution in [0.15, 0.2) is 100 Å². The summed E-state index contributed by atoms with van der Waals surface area (Å²) in [6.45, 7) is 4.46. The van der Waals surface area contributed by atoms with Gasteiger partial charge in [0.1, 0.15) is 23.5 Å². The van der Waals surface area contributed by atoms with Crippen LogP contribution in [0.25, 0.3) is 27.7 Å². The first-order chi connectivity index (χ1) is 26.6. The number of nitrogens with zero attached hydrogens (tertiary/aromatic N) is 6. The molecule has 0 aliphatic carbocycles. The normalized spacial score (nSPS) is 12.1. The predicted octanol–water partition coefficient (Wildman–Crippen LogP) is 2.94. The highest BCUT2D eigenvalue weighted by Crippen LogP contribution is 2.25. The Labute approximate surface area is 317 Å². The number of hydrogen-bond donors (Lipinski definition) is 4. The predicted molar refractivity (Wildman–Crippen MR) is 200 cm³/mol. The van der Waals surface area contributed by atoms with Gasteiger partial charge in [-0.15, -0.1) is 0 Å². The number of benzene rings is 2. The second-order valence-corrected chi connectivity index (χ2v) is 14.5. The molecule has 2 aromatic carbocycles. The van der Waals surface area contributed by atoms with Crippen molar-refractivity contribution in [1.29, 1.82) is 0 Å². The summed E-state index contributed by atoms with van der Waals surface area (Å²) < 4.78 is 60.6. The molecule has 288 valence electrons. The Morgan fingerprint density at radius 2 is 1.61 bits per heavy atom. The van der Waals surface area contributed by atoms with E-state index < -0.39 is 68.5 Å². The Bertz CT molecular complexity index is 2690. The highest BCUT2D eigenvalue weighted by Gasteiger charge is 2.26. The lowest BCUT2D eigenvalue weighted by molar-refractivity contribution is -0.139. The van der Waals surface area contributed by atoms with Crippen LogP contribution in [0.4, 0.5) is 14.5 Å². The average Bonchev–Trinajstić information content (AvgIpc) is 3.18. The zero-order chi connectivity index (χ0) is 40.3. The largest absolute Gasteiger partial charge is 0.480 e. The number of anilines is 1. The van der Waals surface area contributed by atoms with Crippen molar-refractivity contribution in [3.8, 4) is 16.8 Å². The molecule has 6 aromatic rings. The number of carboxylic acids is 1. The van der Waals surface area contributed by atoms with Gasteiger partial charge < -0.3 is 15.7 Å². The number of fused-ring (bicyclic) bond motifs is 1. The van der Waals surface area contributed by atoms with Crippen molar-refractivity contribution in [3.05, 3.63) is 135 Å². The molecular formula is C37H33F2N9O7S. The second kappa shape index (κ2) is 15.9. The molecule has 0 aliphatic heterocycles. The highest BCUT2D eigenvalue weighted by molar-refractivity contribution is 7.92. The van der Waals surface area contributed by atoms with E-state index in [1.165, 1.54) is 72.7 Å². The van der Waals surface area contributed by atoms with Gasteiger partial charge in [-0.3, -0.25) is 28.8 Å². The molecule has 6 rings (SSSR count). The van der Waals surface area contributed by atoms with E-state index in [1.54, 1.807) is 12.4 Å². The van der Waals surface area contributed by atoms with E-state index in [2.05, 4.69) is 30.6 Å². The number of sulfonamides is 1. The molecule has 1 amide bonds. The fraction of sp³-hybridized carbons (Fsp3) is 0.189. The second-order valence-electron chi connectivity index (χ2n) is 12.8. The van der Waals surface area contributed by atoms with Crippen LogP contribution in [0, 0.1) is 11.6 Å². The number of aryl methyl sites for hydroxylation is 1. The lowest BCUT2D eigenvalue weighted by atomic mass is 10.1. The third-order valence-electron chi connectivity index (χ3n) is 8.57. The van der Waals surface area contributed by atoms with E-state index >= 15 is 8.78 Å². The third-order valence-corrected chi connectivity index (χ3v) is 9.96. The van der Waals surface area contributed by atoms with Gasteiger partial charge in [0, 0.05) is 55.4 Å². The van der Waals surface area contributed by atoms with Crippen LogP contribution in [-0.2, 0) is 34.8 Å². The van der Waals surface area contributed by atoms with Gasteiger partial charge in [-0.25, -0.2) is 41.3 Å². The van der Waals surface area contributed by atoms with Gasteiger partial charge in [0.25, 0.3) is 21.5 Å². The minimum atomic E-state index is -4.43. The van der Waals surface area contributed by atoms with Crippen molar-refractivity contribution < 1.29 is 31.9 Å². The fourth-order valence-corrected chi connectivity index (χ4v) is 6.62. The number of carboxylic acid groups (broad SMARTS) is 1. The van der Waals surface area contributed by atoms with Crippen LogP contribution in [-0.4, -0.2) is 66.6 Å². The van der Waals surface area contributed by atoms with Crippen molar-refractivity contribution in [1.82, 2.24) is 39.7 Å². The molecule has 1 atom stereocenters. The van der Waals surface area contributed by atoms with Crippen LogP contribution in [0.1, 0.15) is 35.7 Å². The maximum atomic E-state index is 15.2. The molecule has 56 heavy (non-hydrogen) atoms. The topological polar surface area (TPSA) is 220 Å². The van der Waals surface area contributed by atoms with Crippen LogP contribution < -0.4 is 26.6 Å². The maximum Gasteiger partial charge on any atom is 0.335 e. The summed E-state index contributed by atoms with van der Waals surface area (Å²) in [5.74, 6) is -4.90. The molecule has 0 aliphatic rings. The summed E-state index contributed by atoms with van der Waals surface area (Å²) in [5, 5.41) is 15.4. The lowest BCUT2D eigenvalue weighted by Crippen LogP contribution is -2.42. The molecule has 4 N–H and O–H groups in total. The Morgan fingerprint density at radius 3 is 2.25 bits per heavy atom. The number of hydrogen-bond acceptors (Lipinski definition) is 11. The number of rotatable bonds is 13. The first kappa shape index (κ1) is 39.0. The Hall–Kier alpha value is -6.73. The Balaban J connectivity index is 1.13. The molecule has 0 saturated carbocycles. The fourth-order valence-electron chi connectivity index (χ4n) is 5.56. The smallest absolute Gasteiger partial charge is 0.335 e. The summed E-state index contributed by atoms with van der Waals surface area (Å²) in [7, 11) is -2.96. The van der Waals surface area contributed by atoms with Crippen LogP contribution in [0.2, 0.25) is 0 Å². The maximum absolute atomic E-state index is 15.2. The van der Waals surface area contributed by atoms with E-state index in [4.69, 9.17) is 0 Å². The van der Waals surface area contributed by atoms with Gasteiger partial charge in [-0.2, -0.15) is 0 Å². The minimum Gasteiger partial charge on any atom is -0.480 e. The standard InChI is InChI=1S/C37H33F2N9O7S/c1-20(2)41-19-33-43-15-22(16-44-33)21-4-8-25(9-5-21)56(54,55)46-30-14-28(38)27(13-29(30)39)34(49)45-31(36(51)52)12-23-6-7-24(17-42-23)48-35(50)26-10-11-40-18-32(26)47(3)37(48)53/h4-11,13-18,20,31,41,46H,12,19H2,1-3H3,(H,45,49)(H,51,52)/t31-/m0/s1. The zero-order valence-electron chi connectivity index (χ0n) is 29.9. The highest BCUT2D eigenvalue weighted by atomic mass is 32.2. The number of aromatic nitrogens is 6. The van der Waals surface area contributed by atoms with E-state index in [9.17, 15) is 32.7 Å². The monoisotopic (exact) mass is 785 g/mol. The first-order valence-corrected chi connectivity index (χ1v) is 18.3. The molecule has 0 spiro atoms. The SMILES string of the molecule is CC(C)NCc1ncc(-c2ccc(S(=O)(=O)Nc3cc(F)c(C(=O)N[C@@H](Cc4ccc(-n5c(=O)c6ccncc6n(C)c5=O)cn4)C(=O)O)cc3F)cc2)cn1. The van der Waals surface area contributed by atoms with Crippen LogP contribution >= 0.6 is 0 Å². The molecular weight excluding hydrogens is 753 g/mol. The molecule has 0 radical (unpaired) electrons. The van der Waals surface area contributed by atoms with Gasteiger partial charge >= 0.3 is 11.7 Å². The molecule has 0 unspecified atom stereocenters. The van der Waals surface area contributed by atoms with Crippen molar-refractivity contribution in [3.63, 3.8) is 0 Å². The molecule has 16 nitrogen and oxygen atoms in total. The molecule has 4 aromatic heterocycles. The van der Waals surface area contributed by atoms with E-state index in [0.717, 1.165) is 4.57 Å². The number of amides is 1. The van der Waals surface area contributed by atoms with Crippen molar-refractivity contribution in [2.24, 2.45) is 7.05 Å². The number of carbonyl (C=O) groups is 2. The molecule has 0 bridgehead atoms. The molecule has 0 fully saturated rings. The van der Waals surface area contributed by atoms with Crippen LogP contribution in [0.5, 0.6) is 0 Å². The van der Waals surface area contributed by atoms with Gasteiger partial charge in [0.05, 0.1) is 51.7 Å². The van der Waals surface area contributed by atoms with Gasteiger partial charge in [-0.1, -0.05) is 26.0 Å². The number of halogens is 2. The van der Waals surface area contributed by atoms with Crippen molar-refractivity contribution in [2.75, 3.05) is 4.72 Å². The Morgan fingerprint density at radius 1 is 0.893 bits per heavy atom. The summed E-state index contributed by atoms with van der Waals surface area (Å²) >= 11 is 0.